The number of esters is 1. The highest BCUT2D eigenvalue weighted by atomic mass is 16.5. The number of rotatable bonds is 3. The van der Waals surface area contributed by atoms with E-state index < -0.39 is 5.97 Å². The second kappa shape index (κ2) is 6.53. The van der Waals surface area contributed by atoms with Crippen LogP contribution in [-0.4, -0.2) is 24.1 Å². The molecule has 0 aromatic rings. The van der Waals surface area contributed by atoms with Crippen LogP contribution >= 0.6 is 0 Å². The maximum absolute atomic E-state index is 13.0. The summed E-state index contributed by atoms with van der Waals surface area (Å²) in [6.07, 6.45) is 11.9. The minimum Gasteiger partial charge on any atom is -0.458 e. The van der Waals surface area contributed by atoms with Crippen LogP contribution < -0.4 is 0 Å². The Morgan fingerprint density at radius 1 is 1.32 bits per heavy atom. The van der Waals surface area contributed by atoms with E-state index in [4.69, 9.17) is 4.74 Å². The molecule has 0 N–H and O–H groups in total. The van der Waals surface area contributed by atoms with Crippen LogP contribution in [-0.2, 0) is 19.1 Å². The van der Waals surface area contributed by atoms with Crippen LogP contribution in [0.3, 0.4) is 0 Å². The lowest BCUT2D eigenvalue weighted by atomic mass is 9.52. The molecule has 28 heavy (non-hydrogen) atoms. The first-order valence-electron chi connectivity index (χ1n) is 10.5. The van der Waals surface area contributed by atoms with E-state index in [1.54, 1.807) is 6.08 Å². The van der Waals surface area contributed by atoms with Gasteiger partial charge in [-0.2, -0.15) is 0 Å². The monoisotopic (exact) mass is 384 g/mol. The molecule has 0 heterocycles. The third-order valence-corrected chi connectivity index (χ3v) is 8.05. The van der Waals surface area contributed by atoms with E-state index in [0.717, 1.165) is 25.7 Å². The van der Waals surface area contributed by atoms with Gasteiger partial charge >= 0.3 is 5.97 Å². The zero-order chi connectivity index (χ0) is 20.3. The van der Waals surface area contributed by atoms with Crippen molar-refractivity contribution < 1.29 is 19.1 Å². The van der Waals surface area contributed by atoms with E-state index in [0.29, 0.717) is 17.8 Å². The minimum atomic E-state index is -0.398. The van der Waals surface area contributed by atoms with Gasteiger partial charge in [0.25, 0.3) is 0 Å². The van der Waals surface area contributed by atoms with Gasteiger partial charge in [0.15, 0.2) is 11.6 Å². The SMILES string of the molecule is CC(=O)OCC(=O)[C@H]1[C@H]([14CH3])C[C@H]2[C@@H]3CCC4=CC(=O)C=C[C@]4(C)C3=CC[C@@]21C. The molecule has 0 unspecified atom stereocenters. The number of carbonyl (C=O) groups is 3. The fourth-order valence-electron chi connectivity index (χ4n) is 6.84. The summed E-state index contributed by atoms with van der Waals surface area (Å²) in [6, 6.07) is 0. The Hall–Kier alpha value is -1.97. The zero-order valence-corrected chi connectivity index (χ0v) is 17.3. The molecule has 4 heteroatoms. The number of carbonyl (C=O) groups excluding carboxylic acids is 3. The number of ketones is 2. The predicted octanol–water partition coefficient (Wildman–Crippen LogP) is 4.21. The van der Waals surface area contributed by atoms with E-state index in [9.17, 15) is 14.4 Å². The van der Waals surface area contributed by atoms with Crippen LogP contribution in [0.25, 0.3) is 0 Å². The van der Waals surface area contributed by atoms with Crippen molar-refractivity contribution in [3.63, 3.8) is 0 Å². The third kappa shape index (κ3) is 2.75. The largest absolute Gasteiger partial charge is 0.458 e. The summed E-state index contributed by atoms with van der Waals surface area (Å²) in [4.78, 5) is 36.0. The van der Waals surface area contributed by atoms with Gasteiger partial charge in [0, 0.05) is 18.3 Å². The fourth-order valence-corrected chi connectivity index (χ4v) is 6.84. The van der Waals surface area contributed by atoms with Crippen LogP contribution in [0.1, 0.15) is 53.4 Å². The summed E-state index contributed by atoms with van der Waals surface area (Å²) >= 11 is 0. The normalized spacial score (nSPS) is 41.4. The van der Waals surface area contributed by atoms with E-state index in [1.807, 2.05) is 6.08 Å². The standard InChI is InChI=1S/C24H30O4/c1-14-11-20-18-6-5-16-12-17(26)7-9-23(16,3)19(18)8-10-24(20,4)22(14)21(27)13-28-15(2)25/h7-9,12,14,18,20,22H,5-6,10-11,13H2,1-4H3/t14-,18-,20+,22-,23+,24+/m1/s1/i1+2. The first-order chi connectivity index (χ1) is 13.2. The number of hydrogen-bond acceptors (Lipinski definition) is 4. The van der Waals surface area contributed by atoms with Gasteiger partial charge < -0.3 is 4.74 Å². The molecule has 4 rings (SSSR count). The number of hydrogen-bond donors (Lipinski definition) is 0. The van der Waals surface area contributed by atoms with Gasteiger partial charge in [-0.3, -0.25) is 14.4 Å². The second-order valence-corrected chi connectivity index (χ2v) is 9.67. The Balaban J connectivity index is 1.66. The fraction of sp³-hybridized carbons (Fsp3) is 0.625. The van der Waals surface area contributed by atoms with Gasteiger partial charge in [0.1, 0.15) is 6.61 Å². The lowest BCUT2D eigenvalue weighted by Gasteiger charge is -2.52. The van der Waals surface area contributed by atoms with Gasteiger partial charge in [-0.25, -0.2) is 0 Å². The molecule has 0 aromatic carbocycles. The van der Waals surface area contributed by atoms with Gasteiger partial charge in [-0.15, -0.1) is 0 Å². The topological polar surface area (TPSA) is 60.4 Å². The van der Waals surface area contributed by atoms with Crippen molar-refractivity contribution in [2.24, 2.45) is 34.5 Å². The highest BCUT2D eigenvalue weighted by Crippen LogP contribution is 2.65. The number of fused-ring (bicyclic) bond motifs is 5. The molecule has 0 radical (unpaired) electrons. The summed E-state index contributed by atoms with van der Waals surface area (Å²) < 4.78 is 5.04. The van der Waals surface area contributed by atoms with Crippen molar-refractivity contribution in [1.29, 1.82) is 0 Å². The number of Topliss-reactive ketones (excluding diaryl/α,β-unsaturated/α-hetero) is 1. The number of allylic oxidation sites excluding steroid dienone is 6. The van der Waals surface area contributed by atoms with E-state index in [-0.39, 0.29) is 34.9 Å². The Morgan fingerprint density at radius 2 is 2.07 bits per heavy atom. The first-order valence-corrected chi connectivity index (χ1v) is 10.5. The van der Waals surface area contributed by atoms with Gasteiger partial charge in [-0.05, 0) is 67.9 Å². The van der Waals surface area contributed by atoms with Crippen molar-refractivity contribution in [3.05, 3.63) is 35.5 Å². The molecule has 0 saturated heterocycles. The van der Waals surface area contributed by atoms with Crippen LogP contribution in [0.2, 0.25) is 0 Å². The molecule has 2 saturated carbocycles. The summed E-state index contributed by atoms with van der Waals surface area (Å²) in [7, 11) is 0. The molecular weight excluding hydrogens is 354 g/mol. The summed E-state index contributed by atoms with van der Waals surface area (Å²) in [5, 5.41) is 0. The first kappa shape index (κ1) is 19.4. The highest BCUT2D eigenvalue weighted by molar-refractivity contribution is 6.01. The Kier molecular flexibility index (Phi) is 4.52. The minimum absolute atomic E-state index is 0.0651. The molecule has 6 atom stereocenters. The summed E-state index contributed by atoms with van der Waals surface area (Å²) in [6.45, 7) is 7.92. The lowest BCUT2D eigenvalue weighted by molar-refractivity contribution is -0.148. The Bertz CT molecular complexity index is 832. The molecule has 0 aromatic heterocycles. The smallest absolute Gasteiger partial charge is 0.303 e. The van der Waals surface area contributed by atoms with Crippen LogP contribution in [0, 0.1) is 34.5 Å². The van der Waals surface area contributed by atoms with Crippen LogP contribution in [0.15, 0.2) is 35.5 Å². The summed E-state index contributed by atoms with van der Waals surface area (Å²) in [5.74, 6) is 0.894. The predicted molar refractivity (Wildman–Crippen MR) is 106 cm³/mol. The summed E-state index contributed by atoms with van der Waals surface area (Å²) in [5.41, 5.74) is 2.44. The molecule has 0 amide bonds. The van der Waals surface area contributed by atoms with Gasteiger partial charge in [-0.1, -0.05) is 37.1 Å². The molecule has 4 nitrogen and oxygen atoms in total. The quantitative estimate of drug-likeness (QED) is 0.540. The number of ether oxygens (including phenoxy) is 1. The average molecular weight is 384 g/mol. The third-order valence-electron chi connectivity index (χ3n) is 8.05. The maximum atomic E-state index is 13.0. The molecule has 150 valence electrons. The Morgan fingerprint density at radius 3 is 2.79 bits per heavy atom. The molecule has 2 fully saturated rings. The van der Waals surface area contributed by atoms with Gasteiger partial charge in [0.05, 0.1) is 0 Å². The highest BCUT2D eigenvalue weighted by Gasteiger charge is 2.59. The van der Waals surface area contributed by atoms with Crippen LogP contribution in [0.5, 0.6) is 0 Å². The molecule has 0 bridgehead atoms. The van der Waals surface area contributed by atoms with Crippen molar-refractivity contribution in [2.75, 3.05) is 6.61 Å². The molecule has 4 aliphatic rings. The van der Waals surface area contributed by atoms with Crippen molar-refractivity contribution in [3.8, 4) is 0 Å². The second-order valence-electron chi connectivity index (χ2n) is 9.67. The van der Waals surface area contributed by atoms with Crippen molar-refractivity contribution in [1.82, 2.24) is 0 Å². The Labute approximate surface area is 167 Å². The maximum Gasteiger partial charge on any atom is 0.303 e. The van der Waals surface area contributed by atoms with Crippen molar-refractivity contribution in [2.45, 2.75) is 53.4 Å². The molecule has 4 aliphatic carbocycles. The van der Waals surface area contributed by atoms with Crippen LogP contribution in [0.4, 0.5) is 0 Å². The average Bonchev–Trinajstić information content (AvgIpc) is 2.90. The lowest BCUT2D eigenvalue weighted by Crippen LogP contribution is -2.45. The van der Waals surface area contributed by atoms with Crippen molar-refractivity contribution >= 4 is 17.5 Å². The van der Waals surface area contributed by atoms with E-state index in [2.05, 4.69) is 32.9 Å². The molecule has 0 spiro atoms. The van der Waals surface area contributed by atoms with Gasteiger partial charge in [0.2, 0.25) is 0 Å². The van der Waals surface area contributed by atoms with E-state index in [1.165, 1.54) is 18.1 Å². The zero-order valence-electron chi connectivity index (χ0n) is 17.3. The molecular formula is C24H30O4. The van der Waals surface area contributed by atoms with E-state index >= 15 is 0 Å². The molecule has 0 aliphatic heterocycles.